The van der Waals surface area contributed by atoms with E-state index in [1.165, 1.54) is 31.3 Å². The number of nitro groups is 1. The molecule has 1 heterocycles. The molecule has 0 aliphatic carbocycles. The summed E-state index contributed by atoms with van der Waals surface area (Å²) in [6.07, 6.45) is 2.94. The molecule has 0 spiro atoms. The standard InChI is InChI=1S/C14H13N3O4/c1-14(13(15)18,21-10-5-4-8-16-9-10)11-6-2-3-7-12(11)17(19)20/h2-9H,1H3,(H2,15,18). The van der Waals surface area contributed by atoms with E-state index in [-0.39, 0.29) is 17.0 Å². The predicted molar refractivity (Wildman–Crippen MR) is 74.5 cm³/mol. The van der Waals surface area contributed by atoms with E-state index in [1.54, 1.807) is 24.4 Å². The topological polar surface area (TPSA) is 108 Å². The molecule has 1 aromatic carbocycles. The SMILES string of the molecule is CC(Oc1cccnc1)(C(N)=O)c1ccccc1[N+](=O)[O-]. The van der Waals surface area contributed by atoms with E-state index in [4.69, 9.17) is 10.5 Å². The molecule has 7 nitrogen and oxygen atoms in total. The Morgan fingerprint density at radius 1 is 1.33 bits per heavy atom. The van der Waals surface area contributed by atoms with Crippen LogP contribution >= 0.6 is 0 Å². The van der Waals surface area contributed by atoms with Crippen LogP contribution in [0, 0.1) is 10.1 Å². The highest BCUT2D eigenvalue weighted by atomic mass is 16.6. The zero-order valence-corrected chi connectivity index (χ0v) is 11.2. The van der Waals surface area contributed by atoms with E-state index < -0.39 is 16.4 Å². The number of para-hydroxylation sites is 1. The van der Waals surface area contributed by atoms with Crippen LogP contribution < -0.4 is 10.5 Å². The lowest BCUT2D eigenvalue weighted by atomic mass is 9.93. The van der Waals surface area contributed by atoms with Crippen LogP contribution in [0.3, 0.4) is 0 Å². The summed E-state index contributed by atoms with van der Waals surface area (Å²) in [4.78, 5) is 26.3. The number of amides is 1. The molecule has 0 aliphatic heterocycles. The molecular formula is C14H13N3O4. The van der Waals surface area contributed by atoms with Crippen LogP contribution in [0.15, 0.2) is 48.8 Å². The highest BCUT2D eigenvalue weighted by Crippen LogP contribution is 2.33. The monoisotopic (exact) mass is 287 g/mol. The number of pyridine rings is 1. The molecule has 0 aliphatic rings. The summed E-state index contributed by atoms with van der Waals surface area (Å²) in [6.45, 7) is 1.39. The third kappa shape index (κ3) is 2.81. The van der Waals surface area contributed by atoms with Crippen LogP contribution in [0.25, 0.3) is 0 Å². The summed E-state index contributed by atoms with van der Waals surface area (Å²) in [7, 11) is 0. The number of aromatic nitrogens is 1. The molecule has 1 unspecified atom stereocenters. The van der Waals surface area contributed by atoms with Crippen LogP contribution in [-0.2, 0) is 10.4 Å². The molecule has 1 amide bonds. The Balaban J connectivity index is 2.53. The van der Waals surface area contributed by atoms with Gasteiger partial charge >= 0.3 is 0 Å². The van der Waals surface area contributed by atoms with Crippen molar-refractivity contribution in [1.82, 2.24) is 4.98 Å². The second-order valence-corrected chi connectivity index (χ2v) is 4.46. The van der Waals surface area contributed by atoms with Gasteiger partial charge in [0.15, 0.2) is 0 Å². The summed E-state index contributed by atoms with van der Waals surface area (Å²) in [5.74, 6) is -0.544. The zero-order chi connectivity index (χ0) is 15.5. The smallest absolute Gasteiger partial charge is 0.277 e. The van der Waals surface area contributed by atoms with Gasteiger partial charge in [-0.3, -0.25) is 19.9 Å². The lowest BCUT2D eigenvalue weighted by Gasteiger charge is -2.27. The average Bonchev–Trinajstić information content (AvgIpc) is 2.48. The van der Waals surface area contributed by atoms with Gasteiger partial charge in [-0.1, -0.05) is 12.1 Å². The molecular weight excluding hydrogens is 274 g/mol. The van der Waals surface area contributed by atoms with Gasteiger partial charge in [0.25, 0.3) is 11.6 Å². The fraction of sp³-hybridized carbons (Fsp3) is 0.143. The molecule has 0 saturated carbocycles. The quantitative estimate of drug-likeness (QED) is 0.665. The van der Waals surface area contributed by atoms with Crippen molar-refractivity contribution in [2.75, 3.05) is 0 Å². The first-order valence-corrected chi connectivity index (χ1v) is 6.08. The summed E-state index contributed by atoms with van der Waals surface area (Å²) in [5.41, 5.74) is 3.59. The third-order valence-corrected chi connectivity index (χ3v) is 3.04. The Morgan fingerprint density at radius 3 is 2.62 bits per heavy atom. The van der Waals surface area contributed by atoms with E-state index in [0.717, 1.165) is 0 Å². The minimum Gasteiger partial charge on any atom is -0.471 e. The van der Waals surface area contributed by atoms with Crippen molar-refractivity contribution in [1.29, 1.82) is 0 Å². The predicted octanol–water partition coefficient (Wildman–Crippen LogP) is 1.77. The van der Waals surface area contributed by atoms with Crippen molar-refractivity contribution < 1.29 is 14.5 Å². The lowest BCUT2D eigenvalue weighted by Crippen LogP contribution is -2.44. The average molecular weight is 287 g/mol. The fourth-order valence-corrected chi connectivity index (χ4v) is 1.92. The minimum absolute atomic E-state index is 0.0892. The molecule has 0 fully saturated rings. The van der Waals surface area contributed by atoms with E-state index in [9.17, 15) is 14.9 Å². The van der Waals surface area contributed by atoms with Crippen molar-refractivity contribution in [2.24, 2.45) is 5.73 Å². The van der Waals surface area contributed by atoms with Gasteiger partial charge in [-0.05, 0) is 25.1 Å². The van der Waals surface area contributed by atoms with E-state index in [0.29, 0.717) is 0 Å². The molecule has 1 atom stereocenters. The molecule has 0 bridgehead atoms. The Morgan fingerprint density at radius 2 is 2.05 bits per heavy atom. The van der Waals surface area contributed by atoms with Gasteiger partial charge in [0.2, 0.25) is 5.60 Å². The molecule has 0 saturated heterocycles. The largest absolute Gasteiger partial charge is 0.471 e. The van der Waals surface area contributed by atoms with Crippen molar-refractivity contribution in [2.45, 2.75) is 12.5 Å². The van der Waals surface area contributed by atoms with Crippen molar-refractivity contribution >= 4 is 11.6 Å². The van der Waals surface area contributed by atoms with Gasteiger partial charge in [-0.25, -0.2) is 0 Å². The van der Waals surface area contributed by atoms with Gasteiger partial charge < -0.3 is 10.5 Å². The van der Waals surface area contributed by atoms with Crippen LogP contribution in [0.5, 0.6) is 5.75 Å². The van der Waals surface area contributed by atoms with Crippen molar-refractivity contribution in [3.63, 3.8) is 0 Å². The van der Waals surface area contributed by atoms with Gasteiger partial charge in [-0.15, -0.1) is 0 Å². The number of hydrogen-bond acceptors (Lipinski definition) is 5. The van der Waals surface area contributed by atoms with E-state index in [1.807, 2.05) is 0 Å². The number of carbonyl (C=O) groups excluding carboxylic acids is 1. The number of nitrogens with two attached hydrogens (primary N) is 1. The van der Waals surface area contributed by atoms with Crippen molar-refractivity contribution in [3.05, 3.63) is 64.5 Å². The van der Waals surface area contributed by atoms with Crippen LogP contribution in [0.2, 0.25) is 0 Å². The maximum atomic E-state index is 11.9. The van der Waals surface area contributed by atoms with Gasteiger partial charge in [0.05, 0.1) is 16.7 Å². The maximum Gasteiger partial charge on any atom is 0.277 e. The normalized spacial score (nSPS) is 13.2. The molecule has 2 aromatic rings. The number of nitrogens with zero attached hydrogens (tertiary/aromatic N) is 2. The third-order valence-electron chi connectivity index (χ3n) is 3.04. The highest BCUT2D eigenvalue weighted by Gasteiger charge is 2.41. The number of rotatable bonds is 5. The number of benzene rings is 1. The summed E-state index contributed by atoms with van der Waals surface area (Å²) < 4.78 is 5.60. The van der Waals surface area contributed by atoms with E-state index in [2.05, 4.69) is 4.98 Å². The number of hydrogen-bond donors (Lipinski definition) is 1. The lowest BCUT2D eigenvalue weighted by molar-refractivity contribution is -0.386. The summed E-state index contributed by atoms with van der Waals surface area (Å²) in [5, 5.41) is 11.1. The highest BCUT2D eigenvalue weighted by molar-refractivity contribution is 5.86. The molecule has 2 N–H and O–H groups in total. The molecule has 0 radical (unpaired) electrons. The van der Waals surface area contributed by atoms with Crippen LogP contribution in [0.1, 0.15) is 12.5 Å². The minimum atomic E-state index is -1.67. The van der Waals surface area contributed by atoms with Crippen molar-refractivity contribution in [3.8, 4) is 5.75 Å². The van der Waals surface area contributed by atoms with Gasteiger partial charge in [0.1, 0.15) is 5.75 Å². The Bertz CT molecular complexity index is 675. The summed E-state index contributed by atoms with van der Waals surface area (Å²) in [6, 6.07) is 9.03. The zero-order valence-electron chi connectivity index (χ0n) is 11.2. The van der Waals surface area contributed by atoms with Gasteiger partial charge in [-0.2, -0.15) is 0 Å². The first-order valence-electron chi connectivity index (χ1n) is 6.08. The Kier molecular flexibility index (Phi) is 3.84. The number of ether oxygens (including phenoxy) is 1. The molecule has 21 heavy (non-hydrogen) atoms. The fourth-order valence-electron chi connectivity index (χ4n) is 1.92. The number of primary amides is 1. The van der Waals surface area contributed by atoms with E-state index >= 15 is 0 Å². The molecule has 108 valence electrons. The molecule has 2 rings (SSSR count). The molecule has 7 heteroatoms. The number of nitro benzene ring substituents is 1. The molecule has 1 aromatic heterocycles. The first-order chi connectivity index (χ1) is 9.95. The first kappa shape index (κ1) is 14.4. The second-order valence-electron chi connectivity index (χ2n) is 4.46. The van der Waals surface area contributed by atoms with Gasteiger partial charge in [0, 0.05) is 12.3 Å². The van der Waals surface area contributed by atoms with Crippen LogP contribution in [0.4, 0.5) is 5.69 Å². The Hall–Kier alpha value is -2.96. The Labute approximate surface area is 120 Å². The summed E-state index contributed by atoms with van der Waals surface area (Å²) >= 11 is 0. The van der Waals surface area contributed by atoms with Crippen LogP contribution in [-0.4, -0.2) is 15.8 Å². The number of carbonyl (C=O) groups is 1. The second kappa shape index (κ2) is 5.58. The maximum absolute atomic E-state index is 11.9.